The van der Waals surface area contributed by atoms with Gasteiger partial charge in [-0.2, -0.15) is 0 Å². The monoisotopic (exact) mass is 347 g/mol. The van der Waals surface area contributed by atoms with Crippen molar-refractivity contribution >= 4 is 23.4 Å². The number of non-ortho nitro benzene ring substituents is 1. The van der Waals surface area contributed by atoms with E-state index in [1.807, 2.05) is 0 Å². The van der Waals surface area contributed by atoms with E-state index in [0.29, 0.717) is 6.42 Å². The van der Waals surface area contributed by atoms with Crippen molar-refractivity contribution in [2.75, 3.05) is 0 Å². The number of hydrogen-bond acceptors (Lipinski definition) is 7. The van der Waals surface area contributed by atoms with Gasteiger partial charge in [0.15, 0.2) is 11.9 Å². The van der Waals surface area contributed by atoms with E-state index in [0.717, 1.165) is 0 Å². The van der Waals surface area contributed by atoms with Crippen LogP contribution in [0.2, 0.25) is 0 Å². The number of nitrogens with zero attached hydrogens (tertiary/aromatic N) is 1. The summed E-state index contributed by atoms with van der Waals surface area (Å²) >= 11 is 0. The van der Waals surface area contributed by atoms with E-state index in [9.17, 15) is 24.5 Å². The maximum atomic E-state index is 12.4. The van der Waals surface area contributed by atoms with Crippen molar-refractivity contribution in [3.8, 4) is 0 Å². The first-order valence-corrected chi connectivity index (χ1v) is 7.59. The predicted octanol–water partition coefficient (Wildman–Crippen LogP) is 2.36. The lowest BCUT2D eigenvalue weighted by molar-refractivity contribution is -0.384. The number of carbonyl (C=O) groups is 3. The molecule has 0 saturated carbocycles. The topological polar surface area (TPSA) is 113 Å². The molecule has 0 bridgehead atoms. The number of esters is 2. The van der Waals surface area contributed by atoms with Gasteiger partial charge in [-0.15, -0.1) is 0 Å². The van der Waals surface area contributed by atoms with Crippen LogP contribution in [0.1, 0.15) is 37.0 Å². The summed E-state index contributed by atoms with van der Waals surface area (Å²) in [6, 6.07) is 4.82. The summed E-state index contributed by atoms with van der Waals surface area (Å²) in [5.41, 5.74) is -1.72. The second-order valence-corrected chi connectivity index (χ2v) is 5.64. The molecule has 0 saturated heterocycles. The fraction of sp³-hybridized carbons (Fsp3) is 0.353. The van der Waals surface area contributed by atoms with Crippen LogP contribution in [0.5, 0.6) is 0 Å². The van der Waals surface area contributed by atoms with Crippen LogP contribution in [0.25, 0.3) is 0 Å². The minimum atomic E-state index is -1.61. The Balaban J connectivity index is 2.29. The highest BCUT2D eigenvalue weighted by molar-refractivity contribution is 5.95. The lowest BCUT2D eigenvalue weighted by Gasteiger charge is -2.37. The van der Waals surface area contributed by atoms with Crippen LogP contribution in [0, 0.1) is 10.1 Å². The van der Waals surface area contributed by atoms with Gasteiger partial charge in [-0.1, -0.05) is 6.08 Å². The molecule has 1 aromatic rings. The van der Waals surface area contributed by atoms with E-state index in [-0.39, 0.29) is 17.7 Å². The van der Waals surface area contributed by atoms with E-state index in [1.165, 1.54) is 44.2 Å². The van der Waals surface area contributed by atoms with Crippen molar-refractivity contribution in [1.82, 2.24) is 0 Å². The number of hydrogen-bond donors (Lipinski definition) is 0. The Morgan fingerprint density at radius 1 is 1.20 bits per heavy atom. The third-order valence-corrected chi connectivity index (χ3v) is 3.93. The largest absolute Gasteiger partial charge is 0.453 e. The molecule has 132 valence electrons. The number of allylic oxidation sites excluding steroid dienone is 1. The van der Waals surface area contributed by atoms with E-state index < -0.39 is 34.4 Å². The summed E-state index contributed by atoms with van der Waals surface area (Å²) in [5, 5.41) is 10.7. The predicted molar refractivity (Wildman–Crippen MR) is 85.9 cm³/mol. The molecule has 8 nitrogen and oxygen atoms in total. The van der Waals surface area contributed by atoms with Gasteiger partial charge in [0.1, 0.15) is 0 Å². The van der Waals surface area contributed by atoms with E-state index in [4.69, 9.17) is 9.47 Å². The molecule has 1 aromatic carbocycles. The minimum Gasteiger partial charge on any atom is -0.453 e. The summed E-state index contributed by atoms with van der Waals surface area (Å²) in [4.78, 5) is 46.1. The second kappa shape index (κ2) is 7.25. The molecule has 0 radical (unpaired) electrons. The van der Waals surface area contributed by atoms with Gasteiger partial charge >= 0.3 is 11.9 Å². The Kier molecular flexibility index (Phi) is 5.31. The molecule has 0 aliphatic heterocycles. The van der Waals surface area contributed by atoms with Crippen LogP contribution in [-0.2, 0) is 19.1 Å². The normalized spacial score (nSPS) is 22.1. The highest BCUT2D eigenvalue weighted by atomic mass is 16.6. The Labute approximate surface area is 143 Å². The fourth-order valence-electron chi connectivity index (χ4n) is 2.63. The van der Waals surface area contributed by atoms with Crippen molar-refractivity contribution < 1.29 is 28.8 Å². The minimum absolute atomic E-state index is 0.0577. The average molecular weight is 347 g/mol. The molecule has 0 unspecified atom stereocenters. The van der Waals surface area contributed by atoms with Gasteiger partial charge in [-0.05, 0) is 31.6 Å². The number of Topliss-reactive ketones (excluding diaryl/α,β-unsaturated/α-hetero) is 1. The van der Waals surface area contributed by atoms with Crippen molar-refractivity contribution in [2.45, 2.75) is 38.4 Å². The molecule has 0 N–H and O–H groups in total. The lowest BCUT2D eigenvalue weighted by Crippen LogP contribution is -2.54. The number of nitro groups is 1. The van der Waals surface area contributed by atoms with Gasteiger partial charge in [-0.25, -0.2) is 4.79 Å². The van der Waals surface area contributed by atoms with Crippen LogP contribution < -0.4 is 0 Å². The third-order valence-electron chi connectivity index (χ3n) is 3.93. The average Bonchev–Trinajstić information content (AvgIpc) is 2.56. The van der Waals surface area contributed by atoms with Crippen molar-refractivity contribution in [2.24, 2.45) is 0 Å². The zero-order valence-electron chi connectivity index (χ0n) is 13.8. The Hall–Kier alpha value is -3.03. The van der Waals surface area contributed by atoms with E-state index >= 15 is 0 Å². The smallest absolute Gasteiger partial charge is 0.339 e. The molecule has 0 amide bonds. The number of rotatable bonds is 5. The van der Waals surface area contributed by atoms with Crippen molar-refractivity contribution in [3.63, 3.8) is 0 Å². The Bertz CT molecular complexity index is 738. The van der Waals surface area contributed by atoms with Gasteiger partial charge < -0.3 is 9.47 Å². The lowest BCUT2D eigenvalue weighted by atomic mass is 9.83. The molecule has 8 heteroatoms. The zero-order valence-corrected chi connectivity index (χ0v) is 13.8. The quantitative estimate of drug-likeness (QED) is 0.348. The number of ether oxygens (including phenoxy) is 2. The van der Waals surface area contributed by atoms with Crippen molar-refractivity contribution in [1.29, 1.82) is 0 Å². The van der Waals surface area contributed by atoms with Gasteiger partial charge in [0, 0.05) is 25.5 Å². The molecule has 0 heterocycles. The molecule has 0 spiro atoms. The first-order chi connectivity index (χ1) is 11.8. The summed E-state index contributed by atoms with van der Waals surface area (Å²) in [7, 11) is 0. The molecule has 2 atom stereocenters. The SMILES string of the molecule is CC(=O)O[C@@H]1C=CCC[C@@]1(OC(=O)c1ccc([N+](=O)[O-])cc1)C(C)=O. The summed E-state index contributed by atoms with van der Waals surface area (Å²) in [6.07, 6.45) is 2.91. The van der Waals surface area contributed by atoms with E-state index in [1.54, 1.807) is 6.08 Å². The van der Waals surface area contributed by atoms with Crippen molar-refractivity contribution in [3.05, 3.63) is 52.1 Å². The standard InChI is InChI=1S/C17H17NO7/c1-11(19)17(10-4-3-5-15(17)24-12(2)20)25-16(21)13-6-8-14(9-7-13)18(22)23/h3,5-9,15H,4,10H2,1-2H3/t15-,17-/m1/s1. The molecule has 0 fully saturated rings. The highest BCUT2D eigenvalue weighted by Crippen LogP contribution is 2.32. The summed E-state index contributed by atoms with van der Waals surface area (Å²) in [5.74, 6) is -1.87. The maximum absolute atomic E-state index is 12.4. The van der Waals surface area contributed by atoms with Crippen LogP contribution >= 0.6 is 0 Å². The molecule has 2 rings (SSSR count). The van der Waals surface area contributed by atoms with Crippen LogP contribution in [0.15, 0.2) is 36.4 Å². The third kappa shape index (κ3) is 3.90. The molecule has 1 aliphatic rings. The molecule has 1 aliphatic carbocycles. The fourth-order valence-corrected chi connectivity index (χ4v) is 2.63. The second-order valence-electron chi connectivity index (χ2n) is 5.64. The summed E-state index contributed by atoms with van der Waals surface area (Å²) < 4.78 is 10.6. The molecular formula is C17H17NO7. The maximum Gasteiger partial charge on any atom is 0.339 e. The number of ketones is 1. The Morgan fingerprint density at radius 3 is 2.36 bits per heavy atom. The molecule has 0 aromatic heterocycles. The Morgan fingerprint density at radius 2 is 1.84 bits per heavy atom. The number of carbonyl (C=O) groups excluding carboxylic acids is 3. The van der Waals surface area contributed by atoms with E-state index in [2.05, 4.69) is 0 Å². The highest BCUT2D eigenvalue weighted by Gasteiger charge is 2.49. The number of benzene rings is 1. The van der Waals surface area contributed by atoms with Gasteiger partial charge in [0.2, 0.25) is 5.60 Å². The first kappa shape index (κ1) is 18.3. The van der Waals surface area contributed by atoms with Crippen LogP contribution in [-0.4, -0.2) is 34.4 Å². The molecule has 25 heavy (non-hydrogen) atoms. The van der Waals surface area contributed by atoms with Gasteiger partial charge in [0.25, 0.3) is 5.69 Å². The molecular weight excluding hydrogens is 330 g/mol. The number of nitro benzene ring substituents is 1. The van der Waals surface area contributed by atoms with Gasteiger partial charge in [0.05, 0.1) is 10.5 Å². The zero-order chi connectivity index (χ0) is 18.6. The van der Waals surface area contributed by atoms with Gasteiger partial charge in [-0.3, -0.25) is 19.7 Å². The summed E-state index contributed by atoms with van der Waals surface area (Å²) in [6.45, 7) is 2.46. The first-order valence-electron chi connectivity index (χ1n) is 7.59. The van der Waals surface area contributed by atoms with Crippen LogP contribution in [0.4, 0.5) is 5.69 Å². The van der Waals surface area contributed by atoms with Crippen LogP contribution in [0.3, 0.4) is 0 Å².